The second-order valence-electron chi connectivity index (χ2n) is 5.50. The van der Waals surface area contributed by atoms with E-state index in [0.29, 0.717) is 12.2 Å². The number of aromatic nitrogens is 1. The molecule has 1 saturated heterocycles. The van der Waals surface area contributed by atoms with Crippen molar-refractivity contribution in [1.82, 2.24) is 9.88 Å². The molecule has 9 heteroatoms. The van der Waals surface area contributed by atoms with Crippen LogP contribution in [0.3, 0.4) is 0 Å². The first kappa shape index (κ1) is 18.6. The molecule has 0 amide bonds. The molecule has 2 heterocycles. The summed E-state index contributed by atoms with van der Waals surface area (Å²) in [6, 6.07) is 0.790. The van der Waals surface area contributed by atoms with Gasteiger partial charge in [0.15, 0.2) is 5.96 Å². The van der Waals surface area contributed by atoms with E-state index in [2.05, 4.69) is 9.98 Å². The van der Waals surface area contributed by atoms with E-state index >= 15 is 0 Å². The number of guanidine groups is 1. The van der Waals surface area contributed by atoms with Gasteiger partial charge in [0.2, 0.25) is 5.88 Å². The second kappa shape index (κ2) is 8.41. The number of hydrogen-bond donors (Lipinski definition) is 1. The van der Waals surface area contributed by atoms with Crippen molar-refractivity contribution >= 4 is 17.6 Å². The van der Waals surface area contributed by atoms with E-state index in [1.54, 1.807) is 0 Å². The number of nitrogens with two attached hydrogens (primary N) is 1. The third-order valence-corrected chi connectivity index (χ3v) is 3.94. The van der Waals surface area contributed by atoms with E-state index in [-0.39, 0.29) is 24.1 Å². The van der Waals surface area contributed by atoms with Crippen molar-refractivity contribution in [3.8, 4) is 5.88 Å². The van der Waals surface area contributed by atoms with Crippen molar-refractivity contribution in [2.75, 3.05) is 26.2 Å². The summed E-state index contributed by atoms with van der Waals surface area (Å²) in [6.45, 7) is 2.19. The molecule has 1 aromatic heterocycles. The number of rotatable bonds is 4. The maximum Gasteiger partial charge on any atom is 0.417 e. The Morgan fingerprint density at radius 3 is 2.54 bits per heavy atom. The number of alkyl halides is 3. The molecule has 2 N–H and O–H groups in total. The number of halogens is 4. The summed E-state index contributed by atoms with van der Waals surface area (Å²) >= 11 is 5.76. The summed E-state index contributed by atoms with van der Waals surface area (Å²) in [6.07, 6.45) is 0.794. The van der Waals surface area contributed by atoms with Crippen molar-refractivity contribution in [2.24, 2.45) is 10.7 Å². The van der Waals surface area contributed by atoms with Crippen LogP contribution in [0.5, 0.6) is 5.88 Å². The lowest BCUT2D eigenvalue weighted by Gasteiger charge is -2.21. The van der Waals surface area contributed by atoms with Crippen LogP contribution < -0.4 is 10.5 Å². The predicted molar refractivity (Wildman–Crippen MR) is 86.3 cm³/mol. The average Bonchev–Trinajstić information content (AvgIpc) is 2.80. The highest BCUT2D eigenvalue weighted by Crippen LogP contribution is 2.32. The number of aliphatic imine (C=N–C) groups is 1. The van der Waals surface area contributed by atoms with Crippen molar-refractivity contribution in [1.29, 1.82) is 0 Å². The second-order valence-corrected chi connectivity index (χ2v) is 5.91. The first-order valence-electron chi connectivity index (χ1n) is 7.78. The Labute approximate surface area is 143 Å². The molecule has 0 radical (unpaired) electrons. The number of pyridine rings is 1. The third-order valence-electron chi connectivity index (χ3n) is 3.67. The Balaban J connectivity index is 1.84. The Kier molecular flexibility index (Phi) is 6.53. The van der Waals surface area contributed by atoms with Gasteiger partial charge < -0.3 is 15.4 Å². The zero-order valence-corrected chi connectivity index (χ0v) is 13.9. The molecule has 1 aliphatic heterocycles. The molecular formula is C15H20ClF3N4O. The molecule has 0 unspecified atom stereocenters. The molecule has 24 heavy (non-hydrogen) atoms. The van der Waals surface area contributed by atoms with Gasteiger partial charge in [-0.15, -0.1) is 0 Å². The van der Waals surface area contributed by atoms with Crippen LogP contribution in [-0.4, -0.2) is 42.1 Å². The van der Waals surface area contributed by atoms with E-state index < -0.39 is 11.7 Å². The zero-order valence-electron chi connectivity index (χ0n) is 13.2. The quantitative estimate of drug-likeness (QED) is 0.505. The normalized spacial score (nSPS) is 16.8. The molecule has 0 aromatic carbocycles. The summed E-state index contributed by atoms with van der Waals surface area (Å²) in [7, 11) is 0. The number of likely N-dealkylation sites (tertiary alicyclic amines) is 1. The molecular weight excluding hydrogens is 345 g/mol. The molecule has 0 atom stereocenters. The number of nitrogens with zero attached hydrogens (tertiary/aromatic N) is 3. The standard InChI is InChI=1S/C15H20ClF3N4O/c16-12-9-11(15(17,18)19)10-22-13(12)24-8-5-21-14(20)23-6-3-1-2-4-7-23/h9-10H,1-8H2,(H2,20,21). The summed E-state index contributed by atoms with van der Waals surface area (Å²) in [5.41, 5.74) is 5.04. The van der Waals surface area contributed by atoms with Gasteiger partial charge in [-0.05, 0) is 18.9 Å². The molecule has 1 aromatic rings. The lowest BCUT2D eigenvalue weighted by molar-refractivity contribution is -0.137. The fourth-order valence-corrected chi connectivity index (χ4v) is 2.61. The molecule has 1 fully saturated rings. The van der Waals surface area contributed by atoms with Crippen molar-refractivity contribution in [2.45, 2.75) is 31.9 Å². The van der Waals surface area contributed by atoms with Crippen LogP contribution in [-0.2, 0) is 6.18 Å². The molecule has 134 valence electrons. The topological polar surface area (TPSA) is 63.7 Å². The first-order chi connectivity index (χ1) is 11.4. The third kappa shape index (κ3) is 5.43. The predicted octanol–water partition coefficient (Wildman–Crippen LogP) is 3.32. The van der Waals surface area contributed by atoms with E-state index in [0.717, 1.165) is 32.0 Å². The van der Waals surface area contributed by atoms with Gasteiger partial charge in [0.05, 0.1) is 12.1 Å². The maximum absolute atomic E-state index is 12.5. The van der Waals surface area contributed by atoms with Crippen LogP contribution in [0.4, 0.5) is 13.2 Å². The lowest BCUT2D eigenvalue weighted by Crippen LogP contribution is -2.38. The number of hydrogen-bond acceptors (Lipinski definition) is 3. The monoisotopic (exact) mass is 364 g/mol. The van der Waals surface area contributed by atoms with E-state index in [9.17, 15) is 13.2 Å². The molecule has 5 nitrogen and oxygen atoms in total. The molecule has 0 saturated carbocycles. The van der Waals surface area contributed by atoms with Crippen molar-refractivity contribution < 1.29 is 17.9 Å². The maximum atomic E-state index is 12.5. The van der Waals surface area contributed by atoms with Crippen LogP contribution in [0, 0.1) is 0 Å². The van der Waals surface area contributed by atoms with Gasteiger partial charge in [-0.25, -0.2) is 9.98 Å². The summed E-state index contributed by atoms with van der Waals surface area (Å²) in [5.74, 6) is 0.417. The molecule has 0 spiro atoms. The summed E-state index contributed by atoms with van der Waals surface area (Å²) < 4.78 is 42.9. The van der Waals surface area contributed by atoms with Crippen LogP contribution in [0.15, 0.2) is 17.3 Å². The number of ether oxygens (including phenoxy) is 1. The van der Waals surface area contributed by atoms with Gasteiger partial charge in [-0.3, -0.25) is 0 Å². The highest BCUT2D eigenvalue weighted by atomic mass is 35.5. The van der Waals surface area contributed by atoms with Crippen LogP contribution in [0.25, 0.3) is 0 Å². The first-order valence-corrected chi connectivity index (χ1v) is 8.16. The van der Waals surface area contributed by atoms with Gasteiger partial charge in [0.25, 0.3) is 0 Å². The van der Waals surface area contributed by atoms with Crippen LogP contribution in [0.1, 0.15) is 31.2 Å². The minimum atomic E-state index is -4.49. The van der Waals surface area contributed by atoms with Gasteiger partial charge in [0.1, 0.15) is 11.6 Å². The van der Waals surface area contributed by atoms with Gasteiger partial charge in [-0.1, -0.05) is 24.4 Å². The smallest absolute Gasteiger partial charge is 0.417 e. The van der Waals surface area contributed by atoms with E-state index in [1.807, 2.05) is 4.90 Å². The lowest BCUT2D eigenvalue weighted by atomic mass is 10.2. The summed E-state index contributed by atoms with van der Waals surface area (Å²) in [5, 5.41) is -0.186. The van der Waals surface area contributed by atoms with Crippen LogP contribution in [0.2, 0.25) is 5.02 Å². The minimum absolute atomic E-state index is 0.0480. The van der Waals surface area contributed by atoms with E-state index in [4.69, 9.17) is 22.1 Å². The SMILES string of the molecule is NC(=NCCOc1ncc(C(F)(F)F)cc1Cl)N1CCCCCC1. The fourth-order valence-electron chi connectivity index (χ4n) is 2.39. The Morgan fingerprint density at radius 2 is 1.96 bits per heavy atom. The van der Waals surface area contributed by atoms with Gasteiger partial charge in [-0.2, -0.15) is 13.2 Å². The Bertz CT molecular complexity index is 572. The zero-order chi connectivity index (χ0) is 17.6. The highest BCUT2D eigenvalue weighted by molar-refractivity contribution is 6.31. The Morgan fingerprint density at radius 1 is 1.29 bits per heavy atom. The highest BCUT2D eigenvalue weighted by Gasteiger charge is 2.31. The fraction of sp³-hybridized carbons (Fsp3) is 0.600. The summed E-state index contributed by atoms with van der Waals surface area (Å²) in [4.78, 5) is 9.87. The van der Waals surface area contributed by atoms with E-state index in [1.165, 1.54) is 12.8 Å². The molecule has 2 rings (SSSR count). The largest absolute Gasteiger partial charge is 0.475 e. The molecule has 0 aliphatic carbocycles. The minimum Gasteiger partial charge on any atom is -0.475 e. The van der Waals surface area contributed by atoms with Crippen molar-refractivity contribution in [3.05, 3.63) is 22.8 Å². The van der Waals surface area contributed by atoms with Crippen molar-refractivity contribution in [3.63, 3.8) is 0 Å². The van der Waals surface area contributed by atoms with Gasteiger partial charge in [0, 0.05) is 19.3 Å². The molecule has 0 bridgehead atoms. The molecule has 1 aliphatic rings. The Hall–Kier alpha value is -1.70. The van der Waals surface area contributed by atoms with Crippen LogP contribution >= 0.6 is 11.6 Å². The average molecular weight is 365 g/mol. The van der Waals surface area contributed by atoms with Gasteiger partial charge >= 0.3 is 6.18 Å².